The second-order valence-corrected chi connectivity index (χ2v) is 7.16. The van der Waals surface area contributed by atoms with Gasteiger partial charge in [-0.25, -0.2) is 9.97 Å². The molecule has 0 bridgehead atoms. The number of amides is 1. The zero-order chi connectivity index (χ0) is 17.9. The third kappa shape index (κ3) is 3.22. The van der Waals surface area contributed by atoms with Gasteiger partial charge in [0.25, 0.3) is 5.91 Å². The maximum atomic E-state index is 13.1. The van der Waals surface area contributed by atoms with Crippen molar-refractivity contribution in [2.24, 2.45) is 0 Å². The maximum Gasteiger partial charge on any atom is 0.266 e. The van der Waals surface area contributed by atoms with E-state index in [0.29, 0.717) is 13.1 Å². The van der Waals surface area contributed by atoms with Crippen molar-refractivity contribution in [3.8, 4) is 5.13 Å². The number of carbonyl (C=O) groups is 1. The first kappa shape index (κ1) is 16.8. The molecule has 1 amide bonds. The van der Waals surface area contributed by atoms with Gasteiger partial charge in [-0.15, -0.1) is 0 Å². The molecular weight excluding hydrogens is 346 g/mol. The lowest BCUT2D eigenvalue weighted by Gasteiger charge is -2.35. The molecule has 0 unspecified atom stereocenters. The number of pyridine rings is 1. The van der Waals surface area contributed by atoms with Gasteiger partial charge in [0.2, 0.25) is 0 Å². The summed E-state index contributed by atoms with van der Waals surface area (Å²) < 4.78 is 1.96. The van der Waals surface area contributed by atoms with E-state index in [9.17, 15) is 4.79 Å². The predicted octanol–water partition coefficient (Wildman–Crippen LogP) is 2.85. The number of anilines is 1. The monoisotopic (exact) mass is 367 g/mol. The Labute approximate surface area is 156 Å². The van der Waals surface area contributed by atoms with Gasteiger partial charge < -0.3 is 14.4 Å². The summed E-state index contributed by atoms with van der Waals surface area (Å²) in [6, 6.07) is 9.85. The molecule has 0 radical (unpaired) electrons. The standard InChI is InChI=1S/C19H21N5OS/c1-2-15-17(26-19(21-15)24-9-5-6-10-24)18(25)23-13-11-22(12-14-23)16-7-3-4-8-20-16/h3-10H,2,11-14H2,1H3. The fourth-order valence-electron chi connectivity index (χ4n) is 3.14. The quantitative estimate of drug-likeness (QED) is 0.712. The van der Waals surface area contributed by atoms with Crippen molar-refractivity contribution in [3.05, 3.63) is 59.5 Å². The van der Waals surface area contributed by atoms with Gasteiger partial charge in [0.15, 0.2) is 5.13 Å². The van der Waals surface area contributed by atoms with E-state index >= 15 is 0 Å². The van der Waals surface area contributed by atoms with Crippen LogP contribution in [-0.2, 0) is 6.42 Å². The number of hydrogen-bond acceptors (Lipinski definition) is 5. The molecular formula is C19H21N5OS. The molecule has 26 heavy (non-hydrogen) atoms. The Bertz CT molecular complexity index is 867. The number of nitrogens with zero attached hydrogens (tertiary/aromatic N) is 5. The van der Waals surface area contributed by atoms with E-state index in [1.807, 2.05) is 59.1 Å². The van der Waals surface area contributed by atoms with Crippen LogP contribution in [0, 0.1) is 0 Å². The molecule has 7 heteroatoms. The smallest absolute Gasteiger partial charge is 0.266 e. The lowest BCUT2D eigenvalue weighted by molar-refractivity contribution is 0.0750. The zero-order valence-electron chi connectivity index (χ0n) is 14.7. The average Bonchev–Trinajstić information content (AvgIpc) is 3.37. The number of aromatic nitrogens is 3. The van der Waals surface area contributed by atoms with Gasteiger partial charge in [0.05, 0.1) is 5.69 Å². The molecule has 1 aliphatic rings. The molecule has 4 heterocycles. The molecule has 3 aromatic heterocycles. The Morgan fingerprint density at radius 1 is 1.12 bits per heavy atom. The lowest BCUT2D eigenvalue weighted by atomic mass is 10.2. The number of carbonyl (C=O) groups excluding carboxylic acids is 1. The Balaban J connectivity index is 1.48. The fraction of sp³-hybridized carbons (Fsp3) is 0.316. The van der Waals surface area contributed by atoms with Crippen molar-refractivity contribution < 1.29 is 4.79 Å². The summed E-state index contributed by atoms with van der Waals surface area (Å²) in [5.41, 5.74) is 0.885. The molecule has 4 rings (SSSR count). The number of thiazole rings is 1. The first-order valence-electron chi connectivity index (χ1n) is 8.84. The molecule has 1 fully saturated rings. The normalized spacial score (nSPS) is 14.7. The second-order valence-electron chi connectivity index (χ2n) is 6.18. The molecule has 0 N–H and O–H groups in total. The summed E-state index contributed by atoms with van der Waals surface area (Å²) in [4.78, 5) is 27.0. The number of aryl methyl sites for hydroxylation is 1. The summed E-state index contributed by atoms with van der Waals surface area (Å²) in [6.07, 6.45) is 6.48. The minimum absolute atomic E-state index is 0.0958. The first-order valence-corrected chi connectivity index (χ1v) is 9.66. The average molecular weight is 367 g/mol. The number of hydrogen-bond donors (Lipinski definition) is 0. The molecule has 1 aliphatic heterocycles. The SMILES string of the molecule is CCc1nc(-n2cccc2)sc1C(=O)N1CCN(c2ccccn2)CC1. The zero-order valence-corrected chi connectivity index (χ0v) is 15.5. The van der Waals surface area contributed by atoms with Crippen molar-refractivity contribution >= 4 is 23.1 Å². The van der Waals surface area contributed by atoms with Crippen molar-refractivity contribution in [1.82, 2.24) is 19.4 Å². The Kier molecular flexibility index (Phi) is 4.71. The van der Waals surface area contributed by atoms with Gasteiger partial charge in [-0.1, -0.05) is 24.3 Å². The van der Waals surface area contributed by atoms with E-state index in [2.05, 4.69) is 14.9 Å². The van der Waals surface area contributed by atoms with Crippen molar-refractivity contribution in [2.75, 3.05) is 31.1 Å². The third-order valence-corrected chi connectivity index (χ3v) is 5.68. The topological polar surface area (TPSA) is 54.3 Å². The first-order chi connectivity index (χ1) is 12.8. The van der Waals surface area contributed by atoms with Gasteiger partial charge in [-0.3, -0.25) is 4.79 Å². The van der Waals surface area contributed by atoms with Gasteiger partial charge in [-0.05, 0) is 30.7 Å². The fourth-order valence-corrected chi connectivity index (χ4v) is 4.23. The van der Waals surface area contributed by atoms with Gasteiger partial charge in [0, 0.05) is 44.8 Å². The Hall–Kier alpha value is -2.67. The lowest BCUT2D eigenvalue weighted by Crippen LogP contribution is -2.49. The van der Waals surface area contributed by atoms with Gasteiger partial charge >= 0.3 is 0 Å². The minimum atomic E-state index is 0.0958. The highest BCUT2D eigenvalue weighted by molar-refractivity contribution is 7.16. The molecule has 134 valence electrons. The minimum Gasteiger partial charge on any atom is -0.353 e. The van der Waals surface area contributed by atoms with E-state index in [1.165, 1.54) is 11.3 Å². The van der Waals surface area contributed by atoms with Crippen molar-refractivity contribution in [3.63, 3.8) is 0 Å². The van der Waals surface area contributed by atoms with Crippen LogP contribution >= 0.6 is 11.3 Å². The van der Waals surface area contributed by atoms with E-state index in [0.717, 1.165) is 41.0 Å². The van der Waals surface area contributed by atoms with Crippen LogP contribution in [0.25, 0.3) is 5.13 Å². The summed E-state index contributed by atoms with van der Waals surface area (Å²) in [5, 5.41) is 0.849. The highest BCUT2D eigenvalue weighted by Crippen LogP contribution is 2.25. The number of piperazine rings is 1. The van der Waals surface area contributed by atoms with E-state index in [1.54, 1.807) is 6.20 Å². The Morgan fingerprint density at radius 3 is 2.54 bits per heavy atom. The molecule has 0 aromatic carbocycles. The highest BCUT2D eigenvalue weighted by Gasteiger charge is 2.26. The van der Waals surface area contributed by atoms with E-state index in [4.69, 9.17) is 0 Å². The van der Waals surface area contributed by atoms with Gasteiger partial charge in [-0.2, -0.15) is 0 Å². The summed E-state index contributed by atoms with van der Waals surface area (Å²) in [6.45, 7) is 5.05. The van der Waals surface area contributed by atoms with Crippen LogP contribution in [0.4, 0.5) is 5.82 Å². The van der Waals surface area contributed by atoms with Crippen molar-refractivity contribution in [1.29, 1.82) is 0 Å². The van der Waals surface area contributed by atoms with E-state index < -0.39 is 0 Å². The van der Waals surface area contributed by atoms with Gasteiger partial charge in [0.1, 0.15) is 10.7 Å². The summed E-state index contributed by atoms with van der Waals surface area (Å²) in [5.74, 6) is 1.07. The molecule has 1 saturated heterocycles. The third-order valence-electron chi connectivity index (χ3n) is 4.58. The summed E-state index contributed by atoms with van der Waals surface area (Å²) >= 11 is 1.48. The highest BCUT2D eigenvalue weighted by atomic mass is 32.1. The van der Waals surface area contributed by atoms with Crippen LogP contribution in [0.3, 0.4) is 0 Å². The molecule has 0 aliphatic carbocycles. The van der Waals surface area contributed by atoms with Crippen LogP contribution in [-0.4, -0.2) is 51.5 Å². The van der Waals surface area contributed by atoms with Crippen LogP contribution in [0.15, 0.2) is 48.9 Å². The van der Waals surface area contributed by atoms with Crippen LogP contribution in [0.2, 0.25) is 0 Å². The molecule has 0 atom stereocenters. The molecule has 3 aromatic rings. The molecule has 6 nitrogen and oxygen atoms in total. The second kappa shape index (κ2) is 7.29. The summed E-state index contributed by atoms with van der Waals surface area (Å²) in [7, 11) is 0. The van der Waals surface area contributed by atoms with Crippen LogP contribution < -0.4 is 4.90 Å². The Morgan fingerprint density at radius 2 is 1.88 bits per heavy atom. The van der Waals surface area contributed by atoms with Crippen LogP contribution in [0.5, 0.6) is 0 Å². The molecule has 0 spiro atoms. The predicted molar refractivity (Wildman–Crippen MR) is 103 cm³/mol. The van der Waals surface area contributed by atoms with Crippen LogP contribution in [0.1, 0.15) is 22.3 Å². The largest absolute Gasteiger partial charge is 0.353 e. The molecule has 0 saturated carbocycles. The van der Waals surface area contributed by atoms with Crippen molar-refractivity contribution in [2.45, 2.75) is 13.3 Å². The van der Waals surface area contributed by atoms with E-state index in [-0.39, 0.29) is 5.91 Å². The number of rotatable bonds is 4. The maximum absolute atomic E-state index is 13.1.